The van der Waals surface area contributed by atoms with Crippen molar-refractivity contribution in [1.29, 1.82) is 0 Å². The summed E-state index contributed by atoms with van der Waals surface area (Å²) in [5.41, 5.74) is 4.69. The van der Waals surface area contributed by atoms with E-state index in [4.69, 9.17) is 18.9 Å². The topological polar surface area (TPSA) is 77.9 Å². The van der Waals surface area contributed by atoms with Crippen molar-refractivity contribution >= 4 is 33.1 Å². The lowest BCUT2D eigenvalue weighted by atomic mass is 9.94. The van der Waals surface area contributed by atoms with E-state index in [1.165, 1.54) is 25.7 Å². The van der Waals surface area contributed by atoms with Crippen LogP contribution in [0.4, 0.5) is 5.13 Å². The third-order valence-corrected chi connectivity index (χ3v) is 8.43. The summed E-state index contributed by atoms with van der Waals surface area (Å²) in [7, 11) is 1.64. The predicted octanol–water partition coefficient (Wildman–Crippen LogP) is 5.88. The van der Waals surface area contributed by atoms with Gasteiger partial charge in [0.15, 0.2) is 16.5 Å². The van der Waals surface area contributed by atoms with Crippen molar-refractivity contribution in [3.63, 3.8) is 0 Å². The number of nitrogens with zero attached hydrogens (tertiary/aromatic N) is 5. The molecule has 7 rings (SSSR count). The lowest BCUT2D eigenvalue weighted by Gasteiger charge is -2.31. The van der Waals surface area contributed by atoms with Gasteiger partial charge in [0.2, 0.25) is 0 Å². The number of aryl methyl sites for hydroxylation is 1. The van der Waals surface area contributed by atoms with E-state index in [9.17, 15) is 0 Å². The Balaban J connectivity index is 1.13. The first-order chi connectivity index (χ1) is 17.6. The summed E-state index contributed by atoms with van der Waals surface area (Å²) in [6, 6.07) is 9.62. The Morgan fingerprint density at radius 2 is 1.94 bits per heavy atom. The molecule has 8 nitrogen and oxygen atoms in total. The molecule has 0 amide bonds. The van der Waals surface area contributed by atoms with E-state index < -0.39 is 0 Å². The standard InChI is InChI=1S/C27H27N5O3S/c1-17-3-4-25-29-21(14-32(25)30-17)24-13-20-22(11-19(33-2)12-23(20)35-24)34-15-18-16-36-26(28-18)31-9-7-27(5-6-27)8-10-31/h3-4,11-14,16H,5-10,15H2,1-2H3. The monoisotopic (exact) mass is 501 g/mol. The number of rotatable bonds is 6. The molecule has 0 radical (unpaired) electrons. The number of anilines is 1. The number of benzene rings is 1. The minimum Gasteiger partial charge on any atom is -0.496 e. The molecule has 5 aromatic rings. The average molecular weight is 502 g/mol. The van der Waals surface area contributed by atoms with Crippen LogP contribution in [0.25, 0.3) is 28.1 Å². The molecule has 1 saturated carbocycles. The number of imidazole rings is 1. The quantitative estimate of drug-likeness (QED) is 0.288. The number of methoxy groups -OCH3 is 1. The predicted molar refractivity (Wildman–Crippen MR) is 139 cm³/mol. The maximum absolute atomic E-state index is 6.26. The largest absolute Gasteiger partial charge is 0.496 e. The number of hydrogen-bond donors (Lipinski definition) is 0. The van der Waals surface area contributed by atoms with E-state index in [0.717, 1.165) is 40.6 Å². The number of piperidine rings is 1. The van der Waals surface area contributed by atoms with Crippen molar-refractivity contribution in [2.75, 3.05) is 25.1 Å². The summed E-state index contributed by atoms with van der Waals surface area (Å²) in [5, 5.41) is 8.55. The van der Waals surface area contributed by atoms with Gasteiger partial charge in [0, 0.05) is 30.6 Å². The third kappa shape index (κ3) is 3.87. The van der Waals surface area contributed by atoms with Crippen molar-refractivity contribution < 1.29 is 13.9 Å². The lowest BCUT2D eigenvalue weighted by molar-refractivity contribution is 0.303. The second-order valence-electron chi connectivity index (χ2n) is 9.95. The van der Waals surface area contributed by atoms with Crippen LogP contribution in [0.1, 0.15) is 37.1 Å². The first kappa shape index (κ1) is 21.7. The summed E-state index contributed by atoms with van der Waals surface area (Å²) in [6.07, 6.45) is 7.29. The van der Waals surface area contributed by atoms with E-state index in [2.05, 4.69) is 20.4 Å². The minimum atomic E-state index is 0.384. The van der Waals surface area contributed by atoms with Gasteiger partial charge in [0.25, 0.3) is 0 Å². The third-order valence-electron chi connectivity index (χ3n) is 7.48. The fourth-order valence-corrected chi connectivity index (χ4v) is 5.91. The maximum atomic E-state index is 6.26. The van der Waals surface area contributed by atoms with Gasteiger partial charge in [-0.05, 0) is 56.2 Å². The highest BCUT2D eigenvalue weighted by atomic mass is 32.1. The van der Waals surface area contributed by atoms with E-state index in [-0.39, 0.29) is 0 Å². The summed E-state index contributed by atoms with van der Waals surface area (Å²) in [6.45, 7) is 4.56. The highest BCUT2D eigenvalue weighted by Crippen LogP contribution is 2.54. The van der Waals surface area contributed by atoms with Gasteiger partial charge in [0.05, 0.1) is 30.1 Å². The molecular weight excluding hydrogens is 474 g/mol. The minimum absolute atomic E-state index is 0.384. The molecule has 1 spiro atoms. The number of hydrogen-bond acceptors (Lipinski definition) is 8. The van der Waals surface area contributed by atoms with Crippen molar-refractivity contribution in [1.82, 2.24) is 19.6 Å². The Bertz CT molecular complexity index is 1570. The Morgan fingerprint density at radius 1 is 1.08 bits per heavy atom. The van der Waals surface area contributed by atoms with Crippen LogP contribution in [0, 0.1) is 12.3 Å². The molecule has 1 aliphatic heterocycles. The Morgan fingerprint density at radius 3 is 2.75 bits per heavy atom. The highest BCUT2D eigenvalue weighted by molar-refractivity contribution is 7.13. The van der Waals surface area contributed by atoms with Crippen LogP contribution in [0.15, 0.2) is 46.3 Å². The molecule has 184 valence electrons. The summed E-state index contributed by atoms with van der Waals surface area (Å²) in [4.78, 5) is 12.0. The summed E-state index contributed by atoms with van der Waals surface area (Å²) >= 11 is 1.70. The first-order valence-electron chi connectivity index (χ1n) is 12.3. The van der Waals surface area contributed by atoms with Crippen LogP contribution < -0.4 is 14.4 Å². The smallest absolute Gasteiger partial charge is 0.185 e. The van der Waals surface area contributed by atoms with Crippen LogP contribution in [0.3, 0.4) is 0 Å². The second-order valence-corrected chi connectivity index (χ2v) is 10.8. The normalized spacial score (nSPS) is 16.8. The zero-order valence-electron chi connectivity index (χ0n) is 20.4. The van der Waals surface area contributed by atoms with Gasteiger partial charge in [-0.15, -0.1) is 11.3 Å². The molecule has 9 heteroatoms. The molecule has 2 fully saturated rings. The molecule has 36 heavy (non-hydrogen) atoms. The molecule has 1 saturated heterocycles. The van der Waals surface area contributed by atoms with Gasteiger partial charge in [-0.3, -0.25) is 0 Å². The number of aromatic nitrogens is 4. The van der Waals surface area contributed by atoms with Gasteiger partial charge in [-0.25, -0.2) is 14.5 Å². The number of ether oxygens (including phenoxy) is 2. The van der Waals surface area contributed by atoms with Crippen LogP contribution in [0.2, 0.25) is 0 Å². The molecular formula is C27H27N5O3S. The van der Waals surface area contributed by atoms with Gasteiger partial charge in [0.1, 0.15) is 29.4 Å². The molecule has 0 atom stereocenters. The van der Waals surface area contributed by atoms with Crippen molar-refractivity contribution in [2.24, 2.45) is 5.41 Å². The molecule has 1 aliphatic carbocycles. The fraction of sp³-hybridized carbons (Fsp3) is 0.370. The molecule has 5 heterocycles. The fourth-order valence-electron chi connectivity index (χ4n) is 5.05. The van der Waals surface area contributed by atoms with Crippen LogP contribution >= 0.6 is 11.3 Å². The van der Waals surface area contributed by atoms with Crippen molar-refractivity contribution in [2.45, 2.75) is 39.2 Å². The molecule has 4 aromatic heterocycles. The molecule has 0 bridgehead atoms. The SMILES string of the molecule is COc1cc(OCc2csc(N3CCC4(CC3)CC4)n2)c2cc(-c3cn4nc(C)ccc4n3)oc2c1. The highest BCUT2D eigenvalue weighted by Gasteiger charge is 2.44. The summed E-state index contributed by atoms with van der Waals surface area (Å²) in [5.74, 6) is 2.02. The van der Waals surface area contributed by atoms with Gasteiger partial charge >= 0.3 is 0 Å². The summed E-state index contributed by atoms with van der Waals surface area (Å²) < 4.78 is 19.7. The first-order valence-corrected chi connectivity index (χ1v) is 13.2. The van der Waals surface area contributed by atoms with E-state index >= 15 is 0 Å². The van der Waals surface area contributed by atoms with E-state index in [1.807, 2.05) is 43.5 Å². The molecule has 1 aromatic carbocycles. The van der Waals surface area contributed by atoms with Crippen molar-refractivity contribution in [3.8, 4) is 23.0 Å². The molecule has 0 unspecified atom stereocenters. The van der Waals surface area contributed by atoms with Crippen LogP contribution in [0.5, 0.6) is 11.5 Å². The van der Waals surface area contributed by atoms with Crippen LogP contribution in [-0.4, -0.2) is 39.8 Å². The zero-order valence-corrected chi connectivity index (χ0v) is 21.2. The maximum Gasteiger partial charge on any atom is 0.185 e. The van der Waals surface area contributed by atoms with Gasteiger partial charge in [-0.1, -0.05) is 0 Å². The van der Waals surface area contributed by atoms with E-state index in [1.54, 1.807) is 23.0 Å². The van der Waals surface area contributed by atoms with Crippen LogP contribution in [-0.2, 0) is 6.61 Å². The van der Waals surface area contributed by atoms with Gasteiger partial charge < -0.3 is 18.8 Å². The van der Waals surface area contributed by atoms with E-state index in [0.29, 0.717) is 40.6 Å². The average Bonchev–Trinajstić information content (AvgIpc) is 3.27. The molecule has 0 N–H and O–H groups in total. The van der Waals surface area contributed by atoms with Gasteiger partial charge in [-0.2, -0.15) is 5.10 Å². The second kappa shape index (κ2) is 8.23. The number of furan rings is 1. The Hall–Kier alpha value is -3.59. The number of fused-ring (bicyclic) bond motifs is 2. The Kier molecular flexibility index (Phi) is 4.95. The lowest BCUT2D eigenvalue weighted by Crippen LogP contribution is -2.34. The molecule has 2 aliphatic rings. The Labute approximate surface area is 212 Å². The van der Waals surface area contributed by atoms with Crippen molar-refractivity contribution in [3.05, 3.63) is 53.3 Å². The zero-order chi connectivity index (χ0) is 24.3. The number of thiazole rings is 1.